The van der Waals surface area contributed by atoms with Crippen LogP contribution in [0.5, 0.6) is 0 Å². The summed E-state index contributed by atoms with van der Waals surface area (Å²) in [5.41, 5.74) is 1.27. The summed E-state index contributed by atoms with van der Waals surface area (Å²) >= 11 is 3.53. The van der Waals surface area contributed by atoms with Gasteiger partial charge in [0.25, 0.3) is 0 Å². The number of benzene rings is 1. The van der Waals surface area contributed by atoms with E-state index in [1.807, 2.05) is 18.2 Å². The molecule has 1 amide bonds. The van der Waals surface area contributed by atoms with Gasteiger partial charge in [-0.1, -0.05) is 34.1 Å². The van der Waals surface area contributed by atoms with E-state index in [4.69, 9.17) is 0 Å². The molecule has 2 N–H and O–H groups in total. The van der Waals surface area contributed by atoms with Crippen molar-refractivity contribution < 1.29 is 4.79 Å². The summed E-state index contributed by atoms with van der Waals surface area (Å²) in [4.78, 5) is 11.7. The van der Waals surface area contributed by atoms with Gasteiger partial charge in [0.05, 0.1) is 0 Å². The van der Waals surface area contributed by atoms with Crippen LogP contribution in [0.2, 0.25) is 0 Å². The van der Waals surface area contributed by atoms with Gasteiger partial charge in [-0.05, 0) is 49.9 Å². The molecule has 0 aliphatic carbocycles. The third-order valence-corrected chi connectivity index (χ3v) is 4.33. The number of carbonyl (C=O) groups excluding carboxylic acids is 1. The van der Waals surface area contributed by atoms with Crippen molar-refractivity contribution >= 4 is 21.8 Å². The minimum absolute atomic E-state index is 0.180. The summed E-state index contributed by atoms with van der Waals surface area (Å²) in [5, 5.41) is 6.35. The van der Waals surface area contributed by atoms with Crippen LogP contribution in [-0.2, 0) is 11.2 Å². The first-order chi connectivity index (χ1) is 9.25. The summed E-state index contributed by atoms with van der Waals surface area (Å²) < 4.78 is 1.13. The normalized spacial score (nSPS) is 18.5. The SMILES string of the molecule is O=C(CCCc1ccccc1Br)NCC1CCNC1. The maximum Gasteiger partial charge on any atom is 0.220 e. The molecule has 104 valence electrons. The molecule has 1 atom stereocenters. The first kappa shape index (κ1) is 14.5. The van der Waals surface area contributed by atoms with Crippen LogP contribution in [-0.4, -0.2) is 25.5 Å². The third kappa shape index (κ3) is 4.96. The zero-order valence-electron chi connectivity index (χ0n) is 11.1. The second-order valence-electron chi connectivity index (χ2n) is 5.11. The van der Waals surface area contributed by atoms with E-state index in [-0.39, 0.29) is 5.91 Å². The molecule has 1 heterocycles. The zero-order valence-corrected chi connectivity index (χ0v) is 12.7. The van der Waals surface area contributed by atoms with Crippen molar-refractivity contribution in [3.63, 3.8) is 0 Å². The predicted octanol–water partition coefficient (Wildman–Crippen LogP) is 2.50. The van der Waals surface area contributed by atoms with Crippen molar-refractivity contribution in [3.8, 4) is 0 Å². The molecule has 1 saturated heterocycles. The van der Waals surface area contributed by atoms with Crippen LogP contribution in [0.25, 0.3) is 0 Å². The van der Waals surface area contributed by atoms with E-state index in [0.717, 1.165) is 36.9 Å². The van der Waals surface area contributed by atoms with Crippen LogP contribution < -0.4 is 10.6 Å². The Bertz CT molecular complexity index is 416. The van der Waals surface area contributed by atoms with Gasteiger partial charge in [0.15, 0.2) is 0 Å². The molecular formula is C15H21BrN2O. The number of hydrogen-bond acceptors (Lipinski definition) is 2. The molecular weight excluding hydrogens is 304 g/mol. The summed E-state index contributed by atoms with van der Waals surface area (Å²) in [6, 6.07) is 8.19. The van der Waals surface area contributed by atoms with Gasteiger partial charge in [-0.25, -0.2) is 0 Å². The van der Waals surface area contributed by atoms with Crippen LogP contribution in [0, 0.1) is 5.92 Å². The maximum atomic E-state index is 11.7. The van der Waals surface area contributed by atoms with E-state index in [1.54, 1.807) is 0 Å². The van der Waals surface area contributed by atoms with Crippen molar-refractivity contribution in [3.05, 3.63) is 34.3 Å². The zero-order chi connectivity index (χ0) is 13.5. The molecule has 1 aromatic carbocycles. The smallest absolute Gasteiger partial charge is 0.220 e. The second-order valence-corrected chi connectivity index (χ2v) is 5.96. The van der Waals surface area contributed by atoms with Crippen molar-refractivity contribution in [2.24, 2.45) is 5.92 Å². The highest BCUT2D eigenvalue weighted by atomic mass is 79.9. The molecule has 0 radical (unpaired) electrons. The van der Waals surface area contributed by atoms with Crippen LogP contribution in [0.15, 0.2) is 28.7 Å². The lowest BCUT2D eigenvalue weighted by Crippen LogP contribution is -2.30. The molecule has 1 aliphatic rings. The average Bonchev–Trinajstić information content (AvgIpc) is 2.92. The Labute approximate surface area is 123 Å². The molecule has 0 aromatic heterocycles. The Kier molecular flexibility index (Phi) is 5.86. The van der Waals surface area contributed by atoms with Crippen molar-refractivity contribution in [1.82, 2.24) is 10.6 Å². The minimum atomic E-state index is 0.180. The minimum Gasteiger partial charge on any atom is -0.356 e. The van der Waals surface area contributed by atoms with Gasteiger partial charge < -0.3 is 10.6 Å². The van der Waals surface area contributed by atoms with Crippen LogP contribution in [0.3, 0.4) is 0 Å². The Morgan fingerprint density at radius 3 is 3.00 bits per heavy atom. The number of rotatable bonds is 6. The van der Waals surface area contributed by atoms with E-state index in [2.05, 4.69) is 32.6 Å². The molecule has 1 unspecified atom stereocenters. The van der Waals surface area contributed by atoms with Gasteiger partial charge in [-0.15, -0.1) is 0 Å². The van der Waals surface area contributed by atoms with Gasteiger partial charge in [0, 0.05) is 17.4 Å². The van der Waals surface area contributed by atoms with Gasteiger partial charge >= 0.3 is 0 Å². The lowest BCUT2D eigenvalue weighted by molar-refractivity contribution is -0.121. The summed E-state index contributed by atoms with van der Waals surface area (Å²) in [6.45, 7) is 2.95. The molecule has 1 fully saturated rings. The van der Waals surface area contributed by atoms with E-state index in [0.29, 0.717) is 12.3 Å². The standard InChI is InChI=1S/C15H21BrN2O/c16-14-6-2-1-4-13(14)5-3-7-15(19)18-11-12-8-9-17-10-12/h1-2,4,6,12,17H,3,5,7-11H2,(H,18,19). The third-order valence-electron chi connectivity index (χ3n) is 3.56. The average molecular weight is 325 g/mol. The Balaban J connectivity index is 1.62. The number of carbonyl (C=O) groups is 1. The number of amides is 1. The molecule has 2 rings (SSSR count). The summed E-state index contributed by atoms with van der Waals surface area (Å²) in [5.74, 6) is 0.797. The Morgan fingerprint density at radius 1 is 1.42 bits per heavy atom. The predicted molar refractivity (Wildman–Crippen MR) is 81.1 cm³/mol. The number of hydrogen-bond donors (Lipinski definition) is 2. The topological polar surface area (TPSA) is 41.1 Å². The molecule has 0 spiro atoms. The Morgan fingerprint density at radius 2 is 2.26 bits per heavy atom. The Hall–Kier alpha value is -0.870. The maximum absolute atomic E-state index is 11.7. The molecule has 4 heteroatoms. The van der Waals surface area contributed by atoms with E-state index in [1.165, 1.54) is 12.0 Å². The molecule has 0 saturated carbocycles. The van der Waals surface area contributed by atoms with Gasteiger partial charge in [-0.2, -0.15) is 0 Å². The van der Waals surface area contributed by atoms with Crippen LogP contribution in [0.1, 0.15) is 24.8 Å². The van der Waals surface area contributed by atoms with Crippen molar-refractivity contribution in [1.29, 1.82) is 0 Å². The lowest BCUT2D eigenvalue weighted by Gasteiger charge is -2.10. The fourth-order valence-corrected chi connectivity index (χ4v) is 2.86. The highest BCUT2D eigenvalue weighted by Crippen LogP contribution is 2.17. The monoisotopic (exact) mass is 324 g/mol. The highest BCUT2D eigenvalue weighted by molar-refractivity contribution is 9.10. The van der Waals surface area contributed by atoms with Gasteiger partial charge in [0.1, 0.15) is 0 Å². The molecule has 1 aliphatic heterocycles. The van der Waals surface area contributed by atoms with Crippen LogP contribution >= 0.6 is 15.9 Å². The lowest BCUT2D eigenvalue weighted by atomic mass is 10.1. The number of nitrogens with one attached hydrogen (secondary N) is 2. The first-order valence-corrected chi connectivity index (χ1v) is 7.76. The van der Waals surface area contributed by atoms with E-state index < -0.39 is 0 Å². The number of aryl methyl sites for hydroxylation is 1. The summed E-state index contributed by atoms with van der Waals surface area (Å²) in [7, 11) is 0. The highest BCUT2D eigenvalue weighted by Gasteiger charge is 2.14. The van der Waals surface area contributed by atoms with Gasteiger partial charge in [0.2, 0.25) is 5.91 Å². The summed E-state index contributed by atoms with van der Waals surface area (Å²) in [6.07, 6.45) is 3.63. The number of halogens is 1. The molecule has 1 aromatic rings. The van der Waals surface area contributed by atoms with Crippen molar-refractivity contribution in [2.75, 3.05) is 19.6 Å². The van der Waals surface area contributed by atoms with Crippen molar-refractivity contribution in [2.45, 2.75) is 25.7 Å². The second kappa shape index (κ2) is 7.65. The fraction of sp³-hybridized carbons (Fsp3) is 0.533. The van der Waals surface area contributed by atoms with Gasteiger partial charge in [-0.3, -0.25) is 4.79 Å². The van der Waals surface area contributed by atoms with Crippen LogP contribution in [0.4, 0.5) is 0 Å². The molecule has 3 nitrogen and oxygen atoms in total. The largest absolute Gasteiger partial charge is 0.356 e. The molecule has 19 heavy (non-hydrogen) atoms. The van der Waals surface area contributed by atoms with E-state index >= 15 is 0 Å². The quantitative estimate of drug-likeness (QED) is 0.844. The molecule has 0 bridgehead atoms. The first-order valence-electron chi connectivity index (χ1n) is 6.96. The van der Waals surface area contributed by atoms with E-state index in [9.17, 15) is 4.79 Å². The fourth-order valence-electron chi connectivity index (χ4n) is 2.38.